The van der Waals surface area contributed by atoms with Gasteiger partial charge in [0.2, 0.25) is 10.0 Å². The molecule has 0 aliphatic carbocycles. The van der Waals surface area contributed by atoms with Crippen LogP contribution in [0.2, 0.25) is 5.02 Å². The van der Waals surface area contributed by atoms with E-state index in [1.807, 2.05) is 0 Å². The fourth-order valence-corrected chi connectivity index (χ4v) is 4.15. The van der Waals surface area contributed by atoms with Crippen molar-refractivity contribution < 1.29 is 13.2 Å². The van der Waals surface area contributed by atoms with Gasteiger partial charge in [0.05, 0.1) is 7.11 Å². The van der Waals surface area contributed by atoms with E-state index >= 15 is 0 Å². The van der Waals surface area contributed by atoms with Crippen molar-refractivity contribution in [1.82, 2.24) is 4.31 Å². The highest BCUT2D eigenvalue weighted by Crippen LogP contribution is 2.32. The first-order chi connectivity index (χ1) is 8.98. The molecule has 1 unspecified atom stereocenters. The van der Waals surface area contributed by atoms with Crippen LogP contribution in [-0.4, -0.2) is 39.5 Å². The first kappa shape index (κ1) is 14.6. The van der Waals surface area contributed by atoms with Crippen LogP contribution in [0.4, 0.5) is 0 Å². The van der Waals surface area contributed by atoms with Crippen molar-refractivity contribution in [2.45, 2.75) is 11.3 Å². The second-order valence-electron chi connectivity index (χ2n) is 4.55. The number of ether oxygens (including phenoxy) is 1. The van der Waals surface area contributed by atoms with Crippen LogP contribution in [-0.2, 0) is 10.0 Å². The Morgan fingerprint density at radius 3 is 2.84 bits per heavy atom. The van der Waals surface area contributed by atoms with Crippen molar-refractivity contribution in [2.24, 2.45) is 11.7 Å². The summed E-state index contributed by atoms with van der Waals surface area (Å²) in [5.41, 5.74) is 5.59. The zero-order valence-electron chi connectivity index (χ0n) is 10.7. The lowest BCUT2D eigenvalue weighted by molar-refractivity contribution is 0.397. The van der Waals surface area contributed by atoms with Crippen molar-refractivity contribution in [3.8, 4) is 5.75 Å². The van der Waals surface area contributed by atoms with Gasteiger partial charge in [-0.25, -0.2) is 8.42 Å². The van der Waals surface area contributed by atoms with Crippen molar-refractivity contribution >= 4 is 21.6 Å². The molecule has 0 radical (unpaired) electrons. The number of sulfonamides is 1. The molecule has 1 aliphatic heterocycles. The van der Waals surface area contributed by atoms with E-state index in [-0.39, 0.29) is 10.8 Å². The molecule has 5 nitrogen and oxygen atoms in total. The van der Waals surface area contributed by atoms with E-state index in [1.165, 1.54) is 17.5 Å². The molecule has 1 atom stereocenters. The van der Waals surface area contributed by atoms with E-state index in [1.54, 1.807) is 12.1 Å². The van der Waals surface area contributed by atoms with Crippen LogP contribution in [0.3, 0.4) is 0 Å². The molecular weight excluding hydrogens is 288 g/mol. The van der Waals surface area contributed by atoms with Crippen LogP contribution in [0.1, 0.15) is 6.42 Å². The summed E-state index contributed by atoms with van der Waals surface area (Å²) < 4.78 is 31.7. The van der Waals surface area contributed by atoms with Gasteiger partial charge in [-0.05, 0) is 37.1 Å². The van der Waals surface area contributed by atoms with E-state index in [2.05, 4.69) is 0 Å². The minimum Gasteiger partial charge on any atom is -0.495 e. The minimum atomic E-state index is -3.58. The average molecular weight is 305 g/mol. The molecule has 0 saturated carbocycles. The van der Waals surface area contributed by atoms with Crippen LogP contribution < -0.4 is 10.5 Å². The molecule has 2 rings (SSSR count). The lowest BCUT2D eigenvalue weighted by Gasteiger charge is -2.18. The van der Waals surface area contributed by atoms with Gasteiger partial charge in [-0.1, -0.05) is 11.6 Å². The predicted molar refractivity (Wildman–Crippen MR) is 73.9 cm³/mol. The van der Waals surface area contributed by atoms with E-state index in [0.717, 1.165) is 6.42 Å². The Morgan fingerprint density at radius 2 is 2.26 bits per heavy atom. The highest BCUT2D eigenvalue weighted by atomic mass is 35.5. The highest BCUT2D eigenvalue weighted by Gasteiger charge is 2.33. The third kappa shape index (κ3) is 2.86. The Labute approximate surface area is 118 Å². The summed E-state index contributed by atoms with van der Waals surface area (Å²) in [5, 5.41) is 0.369. The van der Waals surface area contributed by atoms with Crippen molar-refractivity contribution in [3.05, 3.63) is 23.2 Å². The Balaban J connectivity index is 2.37. The molecule has 106 valence electrons. The second kappa shape index (κ2) is 5.66. The maximum atomic E-state index is 12.6. The molecule has 19 heavy (non-hydrogen) atoms. The summed E-state index contributed by atoms with van der Waals surface area (Å²) in [4.78, 5) is 0.111. The third-order valence-corrected chi connectivity index (χ3v) is 5.45. The summed E-state index contributed by atoms with van der Waals surface area (Å²) in [5.74, 6) is 0.528. The zero-order valence-corrected chi connectivity index (χ0v) is 12.2. The van der Waals surface area contributed by atoms with Gasteiger partial charge in [0.25, 0.3) is 0 Å². The summed E-state index contributed by atoms with van der Waals surface area (Å²) in [7, 11) is -2.14. The Morgan fingerprint density at radius 1 is 1.53 bits per heavy atom. The fourth-order valence-electron chi connectivity index (χ4n) is 2.20. The van der Waals surface area contributed by atoms with Gasteiger partial charge in [0.15, 0.2) is 0 Å². The number of hydrogen-bond donors (Lipinski definition) is 1. The molecule has 1 aromatic carbocycles. The molecule has 0 aromatic heterocycles. The van der Waals surface area contributed by atoms with Crippen LogP contribution in [0, 0.1) is 5.92 Å². The van der Waals surface area contributed by atoms with Gasteiger partial charge >= 0.3 is 0 Å². The van der Waals surface area contributed by atoms with Gasteiger partial charge < -0.3 is 10.5 Å². The van der Waals surface area contributed by atoms with Gasteiger partial charge in [0, 0.05) is 18.1 Å². The molecule has 1 fully saturated rings. The van der Waals surface area contributed by atoms with Gasteiger partial charge in [-0.3, -0.25) is 0 Å². The lowest BCUT2D eigenvalue weighted by Crippen LogP contribution is -2.30. The van der Waals surface area contributed by atoms with Crippen LogP contribution in [0.5, 0.6) is 5.75 Å². The Kier molecular flexibility index (Phi) is 4.35. The Hall–Kier alpha value is -0.820. The van der Waals surface area contributed by atoms with Crippen LogP contribution in [0.25, 0.3) is 0 Å². The first-order valence-electron chi connectivity index (χ1n) is 6.02. The van der Waals surface area contributed by atoms with E-state index in [0.29, 0.717) is 30.4 Å². The van der Waals surface area contributed by atoms with Crippen molar-refractivity contribution in [2.75, 3.05) is 26.7 Å². The molecule has 1 aromatic rings. The topological polar surface area (TPSA) is 72.6 Å². The molecule has 2 N–H and O–H groups in total. The number of methoxy groups -OCH3 is 1. The van der Waals surface area contributed by atoms with Crippen molar-refractivity contribution in [1.29, 1.82) is 0 Å². The fraction of sp³-hybridized carbons (Fsp3) is 0.500. The summed E-state index contributed by atoms with van der Waals surface area (Å²) in [6.45, 7) is 1.44. The zero-order chi connectivity index (χ0) is 14.0. The van der Waals surface area contributed by atoms with Gasteiger partial charge in [-0.15, -0.1) is 0 Å². The molecule has 1 aliphatic rings. The molecule has 0 bridgehead atoms. The Bertz CT molecular complexity index is 562. The molecular formula is C12H17ClN2O3S. The highest BCUT2D eigenvalue weighted by molar-refractivity contribution is 7.89. The maximum absolute atomic E-state index is 12.6. The van der Waals surface area contributed by atoms with E-state index in [4.69, 9.17) is 22.1 Å². The average Bonchev–Trinajstić information content (AvgIpc) is 2.88. The van der Waals surface area contributed by atoms with Crippen LogP contribution >= 0.6 is 11.6 Å². The summed E-state index contributed by atoms with van der Waals surface area (Å²) in [6.07, 6.45) is 0.790. The molecule has 1 heterocycles. The first-order valence-corrected chi connectivity index (χ1v) is 7.84. The molecule has 0 spiro atoms. The normalized spacial score (nSPS) is 20.7. The third-order valence-electron chi connectivity index (χ3n) is 3.33. The smallest absolute Gasteiger partial charge is 0.246 e. The monoisotopic (exact) mass is 304 g/mol. The number of benzene rings is 1. The SMILES string of the molecule is COc1ccc(Cl)cc1S(=O)(=O)N1CCC(CN)C1. The predicted octanol–water partition coefficient (Wildman–Crippen LogP) is 1.32. The summed E-state index contributed by atoms with van der Waals surface area (Å²) >= 11 is 5.88. The van der Waals surface area contributed by atoms with E-state index in [9.17, 15) is 8.42 Å². The number of nitrogens with two attached hydrogens (primary N) is 1. The number of hydrogen-bond acceptors (Lipinski definition) is 4. The summed E-state index contributed by atoms with van der Waals surface area (Å²) in [6, 6.07) is 4.59. The van der Waals surface area contributed by atoms with Gasteiger partial charge in [-0.2, -0.15) is 4.31 Å². The second-order valence-corrected chi connectivity index (χ2v) is 6.89. The number of rotatable bonds is 4. The largest absolute Gasteiger partial charge is 0.495 e. The molecule has 0 amide bonds. The van der Waals surface area contributed by atoms with Gasteiger partial charge in [0.1, 0.15) is 10.6 Å². The molecule has 7 heteroatoms. The lowest BCUT2D eigenvalue weighted by atomic mass is 10.1. The van der Waals surface area contributed by atoms with Crippen molar-refractivity contribution in [3.63, 3.8) is 0 Å². The number of nitrogens with zero attached hydrogens (tertiary/aromatic N) is 1. The quantitative estimate of drug-likeness (QED) is 0.910. The van der Waals surface area contributed by atoms with Crippen LogP contribution in [0.15, 0.2) is 23.1 Å². The van der Waals surface area contributed by atoms with E-state index < -0.39 is 10.0 Å². The minimum absolute atomic E-state index is 0.111. The number of halogens is 1. The standard InChI is InChI=1S/C12H17ClN2O3S/c1-18-11-3-2-10(13)6-12(11)19(16,17)15-5-4-9(7-14)8-15/h2-3,6,9H,4-5,7-8,14H2,1H3. The molecule has 1 saturated heterocycles. The maximum Gasteiger partial charge on any atom is 0.246 e.